The van der Waals surface area contributed by atoms with Crippen molar-refractivity contribution in [2.75, 3.05) is 7.05 Å². The SMILES string of the molecule is CNC1CCC(NC(=O)c2cc3cccc(Br)c3o2)CC1. The van der Waals surface area contributed by atoms with E-state index in [1.807, 2.05) is 25.2 Å². The Labute approximate surface area is 132 Å². The molecule has 21 heavy (non-hydrogen) atoms. The first-order valence-electron chi connectivity index (χ1n) is 7.33. The number of para-hydroxylation sites is 1. The number of carbonyl (C=O) groups excluding carboxylic acids is 1. The molecule has 0 saturated heterocycles. The average Bonchev–Trinajstić information content (AvgIpc) is 2.94. The van der Waals surface area contributed by atoms with Gasteiger partial charge in [0.1, 0.15) is 5.58 Å². The van der Waals surface area contributed by atoms with E-state index in [0.29, 0.717) is 11.8 Å². The van der Waals surface area contributed by atoms with Crippen molar-refractivity contribution in [3.8, 4) is 0 Å². The van der Waals surface area contributed by atoms with E-state index >= 15 is 0 Å². The molecule has 1 aromatic heterocycles. The summed E-state index contributed by atoms with van der Waals surface area (Å²) in [5.41, 5.74) is 0.724. The van der Waals surface area contributed by atoms with Gasteiger partial charge in [0.15, 0.2) is 5.76 Å². The van der Waals surface area contributed by atoms with E-state index in [1.54, 1.807) is 6.07 Å². The molecule has 1 aliphatic carbocycles. The molecule has 0 bridgehead atoms. The molecular weight excluding hydrogens is 332 g/mol. The summed E-state index contributed by atoms with van der Waals surface area (Å²) in [6, 6.07) is 8.42. The Hall–Kier alpha value is -1.33. The second-order valence-electron chi connectivity index (χ2n) is 5.58. The molecule has 2 aromatic rings. The average molecular weight is 351 g/mol. The third-order valence-electron chi connectivity index (χ3n) is 4.19. The van der Waals surface area contributed by atoms with Crippen molar-refractivity contribution < 1.29 is 9.21 Å². The topological polar surface area (TPSA) is 54.3 Å². The lowest BCUT2D eigenvalue weighted by atomic mass is 9.91. The molecule has 1 aliphatic rings. The number of benzene rings is 1. The molecule has 2 N–H and O–H groups in total. The normalized spacial score (nSPS) is 22.4. The Kier molecular flexibility index (Phi) is 4.31. The van der Waals surface area contributed by atoms with E-state index in [4.69, 9.17) is 4.42 Å². The molecule has 1 saturated carbocycles. The molecule has 1 fully saturated rings. The van der Waals surface area contributed by atoms with Gasteiger partial charge in [-0.3, -0.25) is 4.79 Å². The first kappa shape index (κ1) is 14.6. The predicted molar refractivity (Wildman–Crippen MR) is 86.5 cm³/mol. The molecule has 1 heterocycles. The maximum absolute atomic E-state index is 12.3. The van der Waals surface area contributed by atoms with Gasteiger partial charge in [-0.15, -0.1) is 0 Å². The smallest absolute Gasteiger partial charge is 0.287 e. The maximum Gasteiger partial charge on any atom is 0.287 e. The van der Waals surface area contributed by atoms with Crippen LogP contribution in [0.15, 0.2) is 33.2 Å². The van der Waals surface area contributed by atoms with Crippen molar-refractivity contribution in [3.63, 3.8) is 0 Å². The third kappa shape index (κ3) is 3.14. The summed E-state index contributed by atoms with van der Waals surface area (Å²) < 4.78 is 6.54. The highest BCUT2D eigenvalue weighted by Crippen LogP contribution is 2.27. The van der Waals surface area contributed by atoms with E-state index in [-0.39, 0.29) is 11.9 Å². The third-order valence-corrected chi connectivity index (χ3v) is 4.81. The van der Waals surface area contributed by atoms with Crippen molar-refractivity contribution >= 4 is 32.8 Å². The van der Waals surface area contributed by atoms with E-state index in [9.17, 15) is 4.79 Å². The van der Waals surface area contributed by atoms with Gasteiger partial charge in [0, 0.05) is 17.5 Å². The second kappa shape index (κ2) is 6.20. The lowest BCUT2D eigenvalue weighted by Gasteiger charge is -2.28. The fourth-order valence-electron chi connectivity index (χ4n) is 2.92. The van der Waals surface area contributed by atoms with E-state index in [2.05, 4.69) is 26.6 Å². The Morgan fingerprint density at radius 1 is 1.24 bits per heavy atom. The van der Waals surface area contributed by atoms with Crippen LogP contribution in [0.3, 0.4) is 0 Å². The number of fused-ring (bicyclic) bond motifs is 1. The molecule has 0 aliphatic heterocycles. The summed E-state index contributed by atoms with van der Waals surface area (Å²) in [5.74, 6) is 0.263. The van der Waals surface area contributed by atoms with Crippen LogP contribution in [0.5, 0.6) is 0 Å². The highest BCUT2D eigenvalue weighted by molar-refractivity contribution is 9.10. The van der Waals surface area contributed by atoms with Gasteiger partial charge in [0.05, 0.1) is 4.47 Å². The van der Waals surface area contributed by atoms with Crippen LogP contribution in [0.4, 0.5) is 0 Å². The Balaban J connectivity index is 1.68. The Morgan fingerprint density at radius 2 is 1.95 bits per heavy atom. The molecule has 0 unspecified atom stereocenters. The van der Waals surface area contributed by atoms with Crippen molar-refractivity contribution in [2.24, 2.45) is 0 Å². The molecular formula is C16H19BrN2O2. The van der Waals surface area contributed by atoms with Crippen LogP contribution in [0.1, 0.15) is 36.2 Å². The van der Waals surface area contributed by atoms with Crippen molar-refractivity contribution in [2.45, 2.75) is 37.8 Å². The number of nitrogens with one attached hydrogen (secondary N) is 2. The Bertz CT molecular complexity index is 645. The van der Waals surface area contributed by atoms with Crippen LogP contribution in [-0.2, 0) is 0 Å². The number of halogens is 1. The highest BCUT2D eigenvalue weighted by atomic mass is 79.9. The zero-order valence-corrected chi connectivity index (χ0v) is 13.6. The molecule has 1 amide bonds. The molecule has 4 nitrogen and oxygen atoms in total. The number of hydrogen-bond donors (Lipinski definition) is 2. The predicted octanol–water partition coefficient (Wildman–Crippen LogP) is 3.46. The standard InChI is InChI=1S/C16H19BrN2O2/c1-18-11-5-7-12(8-6-11)19-16(20)14-9-10-3-2-4-13(17)15(10)21-14/h2-4,9,11-12,18H,5-8H2,1H3,(H,19,20). The quantitative estimate of drug-likeness (QED) is 0.891. The fourth-order valence-corrected chi connectivity index (χ4v) is 3.38. The van der Waals surface area contributed by atoms with Crippen LogP contribution < -0.4 is 10.6 Å². The lowest BCUT2D eigenvalue weighted by molar-refractivity contribution is 0.0898. The van der Waals surface area contributed by atoms with Crippen LogP contribution in [0, 0.1) is 0 Å². The van der Waals surface area contributed by atoms with Crippen molar-refractivity contribution in [1.29, 1.82) is 0 Å². The van der Waals surface area contributed by atoms with Crippen LogP contribution >= 0.6 is 15.9 Å². The summed E-state index contributed by atoms with van der Waals surface area (Å²) >= 11 is 3.44. The Morgan fingerprint density at radius 3 is 2.62 bits per heavy atom. The molecule has 0 spiro atoms. The van der Waals surface area contributed by atoms with Gasteiger partial charge in [0.2, 0.25) is 0 Å². The molecule has 0 atom stereocenters. The molecule has 1 aromatic carbocycles. The van der Waals surface area contributed by atoms with Crippen LogP contribution in [0.25, 0.3) is 11.0 Å². The zero-order chi connectivity index (χ0) is 14.8. The van der Waals surface area contributed by atoms with E-state index < -0.39 is 0 Å². The summed E-state index contributed by atoms with van der Waals surface area (Å²) in [4.78, 5) is 12.3. The van der Waals surface area contributed by atoms with Gasteiger partial charge in [-0.25, -0.2) is 0 Å². The largest absolute Gasteiger partial charge is 0.450 e. The first-order valence-corrected chi connectivity index (χ1v) is 8.13. The summed E-state index contributed by atoms with van der Waals surface area (Å²) in [6.07, 6.45) is 4.24. The number of rotatable bonds is 3. The number of furan rings is 1. The highest BCUT2D eigenvalue weighted by Gasteiger charge is 2.23. The van der Waals surface area contributed by atoms with Gasteiger partial charge in [-0.1, -0.05) is 12.1 Å². The van der Waals surface area contributed by atoms with E-state index in [0.717, 1.165) is 41.1 Å². The van der Waals surface area contributed by atoms with Crippen LogP contribution in [-0.4, -0.2) is 25.0 Å². The molecule has 5 heteroatoms. The van der Waals surface area contributed by atoms with Crippen molar-refractivity contribution in [3.05, 3.63) is 34.5 Å². The lowest BCUT2D eigenvalue weighted by Crippen LogP contribution is -2.41. The summed E-state index contributed by atoms with van der Waals surface area (Å²) in [5, 5.41) is 7.32. The van der Waals surface area contributed by atoms with Gasteiger partial charge >= 0.3 is 0 Å². The number of amides is 1. The molecule has 0 radical (unpaired) electrons. The zero-order valence-electron chi connectivity index (χ0n) is 12.0. The summed E-state index contributed by atoms with van der Waals surface area (Å²) in [6.45, 7) is 0. The van der Waals surface area contributed by atoms with Crippen LogP contribution in [0.2, 0.25) is 0 Å². The number of hydrogen-bond acceptors (Lipinski definition) is 3. The minimum atomic E-state index is -0.119. The second-order valence-corrected chi connectivity index (χ2v) is 6.43. The first-order chi connectivity index (χ1) is 10.2. The maximum atomic E-state index is 12.3. The van der Waals surface area contributed by atoms with Gasteiger partial charge in [-0.05, 0) is 60.8 Å². The molecule has 3 rings (SSSR count). The van der Waals surface area contributed by atoms with E-state index in [1.165, 1.54) is 0 Å². The minimum absolute atomic E-state index is 0.119. The van der Waals surface area contributed by atoms with Gasteiger partial charge in [-0.2, -0.15) is 0 Å². The molecule has 112 valence electrons. The van der Waals surface area contributed by atoms with Gasteiger partial charge in [0.25, 0.3) is 5.91 Å². The summed E-state index contributed by atoms with van der Waals surface area (Å²) in [7, 11) is 2.00. The monoisotopic (exact) mass is 350 g/mol. The van der Waals surface area contributed by atoms with Gasteiger partial charge < -0.3 is 15.1 Å². The minimum Gasteiger partial charge on any atom is -0.450 e. The number of carbonyl (C=O) groups is 1. The van der Waals surface area contributed by atoms with Crippen molar-refractivity contribution in [1.82, 2.24) is 10.6 Å². The fraction of sp³-hybridized carbons (Fsp3) is 0.438.